The third-order valence-electron chi connectivity index (χ3n) is 1.83. The summed E-state index contributed by atoms with van der Waals surface area (Å²) in [6, 6.07) is 5.61. The molecule has 4 nitrogen and oxygen atoms in total. The molecule has 0 aliphatic carbocycles. The normalized spacial score (nSPS) is 9.71. The van der Waals surface area contributed by atoms with E-state index in [1.54, 1.807) is 12.3 Å². The zero-order valence-electron chi connectivity index (χ0n) is 8.03. The van der Waals surface area contributed by atoms with Crippen molar-refractivity contribution in [1.82, 2.24) is 10.3 Å². The number of hydrogen-bond acceptors (Lipinski definition) is 4. The van der Waals surface area contributed by atoms with Crippen LogP contribution in [0.3, 0.4) is 0 Å². The van der Waals surface area contributed by atoms with Crippen molar-refractivity contribution in [3.05, 3.63) is 29.6 Å². The molecule has 1 aromatic rings. The second-order valence-electron chi connectivity index (χ2n) is 2.98. The van der Waals surface area contributed by atoms with Gasteiger partial charge in [-0.1, -0.05) is 6.07 Å². The molecule has 0 amide bonds. The number of aromatic nitrogens is 1. The van der Waals surface area contributed by atoms with E-state index in [2.05, 4.69) is 10.3 Å². The Morgan fingerprint density at radius 3 is 2.93 bits per heavy atom. The maximum atomic E-state index is 8.53. The molecule has 0 aromatic carbocycles. The fourth-order valence-electron chi connectivity index (χ4n) is 1.05. The summed E-state index contributed by atoms with van der Waals surface area (Å²) >= 11 is 0. The lowest BCUT2D eigenvalue weighted by Crippen LogP contribution is -2.17. The van der Waals surface area contributed by atoms with Crippen molar-refractivity contribution in [3.63, 3.8) is 0 Å². The van der Waals surface area contributed by atoms with Gasteiger partial charge >= 0.3 is 0 Å². The summed E-state index contributed by atoms with van der Waals surface area (Å²) in [5, 5.41) is 11.8. The van der Waals surface area contributed by atoms with Gasteiger partial charge < -0.3 is 11.1 Å². The Balaban J connectivity index is 2.33. The van der Waals surface area contributed by atoms with Crippen molar-refractivity contribution in [2.75, 3.05) is 13.1 Å². The predicted molar refractivity (Wildman–Crippen MR) is 54.3 cm³/mol. The Labute approximate surface area is 83.8 Å². The third kappa shape index (κ3) is 3.52. The average molecular weight is 190 g/mol. The molecule has 0 bridgehead atoms. The van der Waals surface area contributed by atoms with Crippen LogP contribution in [0.15, 0.2) is 18.3 Å². The molecule has 4 heteroatoms. The molecule has 0 unspecified atom stereocenters. The monoisotopic (exact) mass is 190 g/mol. The van der Waals surface area contributed by atoms with Crippen molar-refractivity contribution < 1.29 is 0 Å². The Morgan fingerprint density at radius 2 is 2.36 bits per heavy atom. The van der Waals surface area contributed by atoms with Gasteiger partial charge in [0.15, 0.2) is 0 Å². The Kier molecular flexibility index (Phi) is 4.62. The molecule has 0 atom stereocenters. The molecule has 1 heterocycles. The van der Waals surface area contributed by atoms with Gasteiger partial charge in [-0.3, -0.25) is 0 Å². The quantitative estimate of drug-likeness (QED) is 0.659. The molecule has 0 saturated carbocycles. The number of nitrogens with one attached hydrogen (secondary N) is 1. The van der Waals surface area contributed by atoms with E-state index in [0.717, 1.165) is 25.1 Å². The van der Waals surface area contributed by atoms with Crippen LogP contribution in [-0.4, -0.2) is 18.1 Å². The second kappa shape index (κ2) is 6.08. The van der Waals surface area contributed by atoms with Crippen molar-refractivity contribution in [3.8, 4) is 6.07 Å². The minimum absolute atomic E-state index is 0.454. The van der Waals surface area contributed by atoms with Crippen molar-refractivity contribution in [2.45, 2.75) is 13.0 Å². The number of nitriles is 1. The van der Waals surface area contributed by atoms with E-state index < -0.39 is 0 Å². The molecule has 0 aliphatic heterocycles. The number of rotatable bonds is 5. The van der Waals surface area contributed by atoms with E-state index >= 15 is 0 Å². The average Bonchev–Trinajstić information content (AvgIpc) is 2.25. The lowest BCUT2D eigenvalue weighted by atomic mass is 10.2. The fraction of sp³-hybridized carbons (Fsp3) is 0.400. The highest BCUT2D eigenvalue weighted by atomic mass is 14.9. The smallest absolute Gasteiger partial charge is 0.140 e. The predicted octanol–water partition coefficient (Wildman–Crippen LogP) is 0.392. The first-order valence-electron chi connectivity index (χ1n) is 4.62. The van der Waals surface area contributed by atoms with E-state index in [4.69, 9.17) is 11.0 Å². The molecule has 1 aromatic heterocycles. The van der Waals surface area contributed by atoms with Gasteiger partial charge in [0.05, 0.1) is 0 Å². The van der Waals surface area contributed by atoms with Crippen LogP contribution in [0, 0.1) is 11.3 Å². The standard InChI is InChI=1S/C10H14N4/c11-4-1-5-13-7-9-2-3-10(6-12)14-8-9/h2-3,8,13H,1,4-5,7,11H2. The molecular formula is C10H14N4. The molecule has 0 aliphatic rings. The summed E-state index contributed by atoms with van der Waals surface area (Å²) < 4.78 is 0. The van der Waals surface area contributed by atoms with Crippen molar-refractivity contribution in [1.29, 1.82) is 5.26 Å². The first kappa shape index (κ1) is 10.6. The summed E-state index contributed by atoms with van der Waals surface area (Å²) in [4.78, 5) is 3.97. The number of hydrogen-bond donors (Lipinski definition) is 2. The molecule has 0 radical (unpaired) electrons. The number of nitrogens with two attached hydrogens (primary N) is 1. The van der Waals surface area contributed by atoms with E-state index in [1.807, 2.05) is 12.1 Å². The maximum absolute atomic E-state index is 8.53. The van der Waals surface area contributed by atoms with E-state index in [1.165, 1.54) is 0 Å². The summed E-state index contributed by atoms with van der Waals surface area (Å²) in [6.45, 7) is 2.40. The van der Waals surface area contributed by atoms with E-state index in [0.29, 0.717) is 12.2 Å². The second-order valence-corrected chi connectivity index (χ2v) is 2.98. The van der Waals surface area contributed by atoms with Gasteiger partial charge in [-0.2, -0.15) is 5.26 Å². The fourth-order valence-corrected chi connectivity index (χ4v) is 1.05. The van der Waals surface area contributed by atoms with Crippen LogP contribution < -0.4 is 11.1 Å². The lowest BCUT2D eigenvalue weighted by molar-refractivity contribution is 0.654. The van der Waals surface area contributed by atoms with Gasteiger partial charge in [0.2, 0.25) is 0 Å². The molecule has 3 N–H and O–H groups in total. The van der Waals surface area contributed by atoms with Crippen LogP contribution in [0.1, 0.15) is 17.7 Å². The molecule has 1 rings (SSSR count). The molecule has 14 heavy (non-hydrogen) atoms. The molecule has 0 spiro atoms. The maximum Gasteiger partial charge on any atom is 0.140 e. The van der Waals surface area contributed by atoms with Gasteiger partial charge in [0.1, 0.15) is 11.8 Å². The largest absolute Gasteiger partial charge is 0.330 e. The summed E-state index contributed by atoms with van der Waals surface area (Å²) in [5.74, 6) is 0. The van der Waals surface area contributed by atoms with Gasteiger partial charge in [-0.15, -0.1) is 0 Å². The highest BCUT2D eigenvalue weighted by molar-refractivity contribution is 5.22. The Hall–Kier alpha value is -1.44. The lowest BCUT2D eigenvalue weighted by Gasteiger charge is -2.02. The summed E-state index contributed by atoms with van der Waals surface area (Å²) in [5.41, 5.74) is 6.90. The molecule has 74 valence electrons. The third-order valence-corrected chi connectivity index (χ3v) is 1.83. The van der Waals surface area contributed by atoms with E-state index in [9.17, 15) is 0 Å². The van der Waals surface area contributed by atoms with Crippen LogP contribution in [-0.2, 0) is 6.54 Å². The summed E-state index contributed by atoms with van der Waals surface area (Å²) in [6.07, 6.45) is 2.69. The highest BCUT2D eigenvalue weighted by Gasteiger charge is 1.94. The topological polar surface area (TPSA) is 74.7 Å². The van der Waals surface area contributed by atoms with Crippen LogP contribution in [0.25, 0.3) is 0 Å². The Bertz CT molecular complexity index is 299. The summed E-state index contributed by atoms with van der Waals surface area (Å²) in [7, 11) is 0. The van der Waals surface area contributed by atoms with Crippen LogP contribution >= 0.6 is 0 Å². The molecule has 0 fully saturated rings. The van der Waals surface area contributed by atoms with Crippen molar-refractivity contribution >= 4 is 0 Å². The number of pyridine rings is 1. The van der Waals surface area contributed by atoms with Crippen LogP contribution in [0.2, 0.25) is 0 Å². The number of nitrogens with zero attached hydrogens (tertiary/aromatic N) is 2. The minimum atomic E-state index is 0.454. The van der Waals surface area contributed by atoms with E-state index in [-0.39, 0.29) is 0 Å². The van der Waals surface area contributed by atoms with Crippen LogP contribution in [0.5, 0.6) is 0 Å². The zero-order chi connectivity index (χ0) is 10.2. The van der Waals surface area contributed by atoms with Gasteiger partial charge in [0, 0.05) is 12.7 Å². The molecular weight excluding hydrogens is 176 g/mol. The minimum Gasteiger partial charge on any atom is -0.330 e. The van der Waals surface area contributed by atoms with Crippen LogP contribution in [0.4, 0.5) is 0 Å². The van der Waals surface area contributed by atoms with Gasteiger partial charge in [-0.05, 0) is 31.1 Å². The van der Waals surface area contributed by atoms with Gasteiger partial charge in [-0.25, -0.2) is 4.98 Å². The zero-order valence-corrected chi connectivity index (χ0v) is 8.03. The first-order chi connectivity index (χ1) is 6.86. The SMILES string of the molecule is N#Cc1ccc(CNCCCN)cn1. The Morgan fingerprint density at radius 1 is 1.50 bits per heavy atom. The highest BCUT2D eigenvalue weighted by Crippen LogP contribution is 1.98. The van der Waals surface area contributed by atoms with Gasteiger partial charge in [0.25, 0.3) is 0 Å². The first-order valence-corrected chi connectivity index (χ1v) is 4.62. The molecule has 0 saturated heterocycles. The van der Waals surface area contributed by atoms with Crippen molar-refractivity contribution in [2.24, 2.45) is 5.73 Å².